The molecule has 1 aliphatic heterocycles. The molecule has 29 heavy (non-hydrogen) atoms. The van der Waals surface area contributed by atoms with Crippen LogP contribution < -0.4 is 10.6 Å². The Balaban J connectivity index is 0.00000420. The lowest BCUT2D eigenvalue weighted by atomic mass is 10.1. The molecule has 0 spiro atoms. The van der Waals surface area contributed by atoms with Gasteiger partial charge in [0.2, 0.25) is 5.91 Å². The van der Waals surface area contributed by atoms with Gasteiger partial charge in [-0.2, -0.15) is 5.10 Å². The van der Waals surface area contributed by atoms with Crippen molar-refractivity contribution >= 4 is 35.8 Å². The number of hydrogen-bond donors (Lipinski definition) is 2. The fourth-order valence-electron chi connectivity index (χ4n) is 3.40. The highest BCUT2D eigenvalue weighted by Crippen LogP contribution is 2.16. The van der Waals surface area contributed by atoms with E-state index in [4.69, 9.17) is 9.73 Å². The molecule has 8 nitrogen and oxygen atoms in total. The maximum atomic E-state index is 12.0. The Bertz CT molecular complexity index is 668. The Morgan fingerprint density at radius 3 is 2.62 bits per heavy atom. The first kappa shape index (κ1) is 25.7. The van der Waals surface area contributed by atoms with Crippen molar-refractivity contribution in [2.45, 2.75) is 58.6 Å². The standard InChI is InChI=1S/C20H36N6O2.HI/c1-6-17-16(18(7-2)26(5)24-17)13-22-20(23-14-19(27)25(3)4)21-12-15-10-8-9-11-28-15;/h15H,6-14H2,1-5H3,(H2,21,22,23);1H. The minimum Gasteiger partial charge on any atom is -0.376 e. The summed E-state index contributed by atoms with van der Waals surface area (Å²) in [5.41, 5.74) is 3.48. The molecule has 2 N–H and O–H groups in total. The maximum absolute atomic E-state index is 12.0. The van der Waals surface area contributed by atoms with Crippen LogP contribution in [0.15, 0.2) is 4.99 Å². The third-order valence-corrected chi connectivity index (χ3v) is 5.10. The third kappa shape index (κ3) is 7.76. The third-order valence-electron chi connectivity index (χ3n) is 5.10. The SMILES string of the molecule is CCc1nn(C)c(CC)c1CN=C(NCC(=O)N(C)C)NCC1CCCCO1.I. The van der Waals surface area contributed by atoms with Crippen molar-refractivity contribution < 1.29 is 9.53 Å². The maximum Gasteiger partial charge on any atom is 0.241 e. The van der Waals surface area contributed by atoms with E-state index in [-0.39, 0.29) is 42.5 Å². The largest absolute Gasteiger partial charge is 0.376 e. The van der Waals surface area contributed by atoms with E-state index in [1.54, 1.807) is 19.0 Å². The lowest BCUT2D eigenvalue weighted by Crippen LogP contribution is -2.45. The Morgan fingerprint density at radius 1 is 1.28 bits per heavy atom. The van der Waals surface area contributed by atoms with Gasteiger partial charge in [-0.3, -0.25) is 9.48 Å². The molecule has 1 saturated heterocycles. The molecule has 2 heterocycles. The predicted octanol–water partition coefficient (Wildman–Crippen LogP) is 1.86. The van der Waals surface area contributed by atoms with Gasteiger partial charge in [0.15, 0.2) is 5.96 Å². The van der Waals surface area contributed by atoms with Crippen LogP contribution in [0.5, 0.6) is 0 Å². The van der Waals surface area contributed by atoms with Crippen LogP contribution in [-0.4, -0.2) is 66.4 Å². The summed E-state index contributed by atoms with van der Waals surface area (Å²) in [5.74, 6) is 0.644. The Kier molecular flexibility index (Phi) is 11.6. The van der Waals surface area contributed by atoms with Gasteiger partial charge in [0.1, 0.15) is 0 Å². The van der Waals surface area contributed by atoms with Gasteiger partial charge in [-0.1, -0.05) is 13.8 Å². The van der Waals surface area contributed by atoms with Crippen molar-refractivity contribution in [3.05, 3.63) is 17.0 Å². The molecular weight excluding hydrogens is 483 g/mol. The second kappa shape index (κ2) is 13.0. The number of hydrogen-bond acceptors (Lipinski definition) is 4. The minimum atomic E-state index is 0. The van der Waals surface area contributed by atoms with Crippen LogP contribution in [0.2, 0.25) is 0 Å². The number of amides is 1. The minimum absolute atomic E-state index is 0. The van der Waals surface area contributed by atoms with Crippen LogP contribution in [0, 0.1) is 0 Å². The molecule has 0 aliphatic carbocycles. The zero-order valence-electron chi connectivity index (χ0n) is 18.5. The topological polar surface area (TPSA) is 83.8 Å². The van der Waals surface area contributed by atoms with E-state index in [0.717, 1.165) is 38.0 Å². The molecule has 0 bridgehead atoms. The molecule has 1 amide bonds. The van der Waals surface area contributed by atoms with Gasteiger partial charge in [0.05, 0.1) is 24.9 Å². The van der Waals surface area contributed by atoms with Gasteiger partial charge < -0.3 is 20.3 Å². The summed E-state index contributed by atoms with van der Waals surface area (Å²) >= 11 is 0. The Labute approximate surface area is 191 Å². The molecule has 0 aromatic carbocycles. The molecule has 2 rings (SSSR count). The van der Waals surface area contributed by atoms with Gasteiger partial charge >= 0.3 is 0 Å². The molecule has 1 atom stereocenters. The zero-order valence-corrected chi connectivity index (χ0v) is 20.8. The van der Waals surface area contributed by atoms with Crippen molar-refractivity contribution in [1.82, 2.24) is 25.3 Å². The van der Waals surface area contributed by atoms with Gasteiger partial charge in [-0.05, 0) is 32.1 Å². The zero-order chi connectivity index (χ0) is 20.5. The van der Waals surface area contributed by atoms with Crippen molar-refractivity contribution in [3.63, 3.8) is 0 Å². The normalized spacial score (nSPS) is 16.9. The summed E-state index contributed by atoms with van der Waals surface area (Å²) in [6, 6.07) is 0. The number of aromatic nitrogens is 2. The molecule has 0 radical (unpaired) electrons. The van der Waals surface area contributed by atoms with Gasteiger partial charge in [-0.25, -0.2) is 4.99 Å². The summed E-state index contributed by atoms with van der Waals surface area (Å²) in [6.07, 6.45) is 5.37. The lowest BCUT2D eigenvalue weighted by molar-refractivity contribution is -0.127. The number of guanidine groups is 1. The number of ether oxygens (including phenoxy) is 1. The molecule has 1 fully saturated rings. The van der Waals surface area contributed by atoms with E-state index in [9.17, 15) is 4.79 Å². The van der Waals surface area contributed by atoms with Gasteiger partial charge in [0.25, 0.3) is 0 Å². The van der Waals surface area contributed by atoms with Crippen LogP contribution >= 0.6 is 24.0 Å². The fourth-order valence-corrected chi connectivity index (χ4v) is 3.40. The highest BCUT2D eigenvalue weighted by atomic mass is 127. The van der Waals surface area contributed by atoms with Crippen molar-refractivity contribution in [2.24, 2.45) is 12.0 Å². The van der Waals surface area contributed by atoms with Crippen molar-refractivity contribution in [2.75, 3.05) is 33.8 Å². The van der Waals surface area contributed by atoms with E-state index in [2.05, 4.69) is 29.6 Å². The predicted molar refractivity (Wildman–Crippen MR) is 127 cm³/mol. The summed E-state index contributed by atoms with van der Waals surface area (Å²) in [6.45, 7) is 6.51. The summed E-state index contributed by atoms with van der Waals surface area (Å²) in [4.78, 5) is 18.3. The number of aryl methyl sites for hydroxylation is 2. The smallest absolute Gasteiger partial charge is 0.241 e. The molecule has 1 aromatic heterocycles. The quantitative estimate of drug-likeness (QED) is 0.311. The number of carbonyl (C=O) groups excluding carboxylic acids is 1. The molecule has 0 saturated carbocycles. The van der Waals surface area contributed by atoms with E-state index in [1.807, 2.05) is 11.7 Å². The molecule has 1 aliphatic rings. The number of nitrogens with one attached hydrogen (secondary N) is 2. The number of carbonyl (C=O) groups is 1. The monoisotopic (exact) mass is 520 g/mol. The summed E-state index contributed by atoms with van der Waals surface area (Å²) in [7, 11) is 5.49. The number of likely N-dealkylation sites (N-methyl/N-ethyl adjacent to an activating group) is 1. The molecule has 1 aromatic rings. The van der Waals surface area contributed by atoms with Gasteiger partial charge in [0, 0.05) is 45.6 Å². The molecule has 166 valence electrons. The highest BCUT2D eigenvalue weighted by molar-refractivity contribution is 14.0. The summed E-state index contributed by atoms with van der Waals surface area (Å²) in [5, 5.41) is 11.1. The average Bonchev–Trinajstić information content (AvgIpc) is 3.02. The second-order valence-electron chi connectivity index (χ2n) is 7.38. The van der Waals surface area contributed by atoms with Gasteiger partial charge in [-0.15, -0.1) is 24.0 Å². The number of aliphatic imine (C=N–C) groups is 1. The number of halogens is 1. The fraction of sp³-hybridized carbons (Fsp3) is 0.750. The highest BCUT2D eigenvalue weighted by Gasteiger charge is 2.16. The van der Waals surface area contributed by atoms with Crippen LogP contribution in [-0.2, 0) is 36.0 Å². The Morgan fingerprint density at radius 2 is 2.03 bits per heavy atom. The van der Waals surface area contributed by atoms with Crippen LogP contribution in [0.1, 0.15) is 50.1 Å². The van der Waals surface area contributed by atoms with Crippen molar-refractivity contribution in [3.8, 4) is 0 Å². The first-order valence-corrected chi connectivity index (χ1v) is 10.3. The van der Waals surface area contributed by atoms with Crippen LogP contribution in [0.25, 0.3) is 0 Å². The summed E-state index contributed by atoms with van der Waals surface area (Å²) < 4.78 is 7.75. The second-order valence-corrected chi connectivity index (χ2v) is 7.38. The van der Waals surface area contributed by atoms with E-state index < -0.39 is 0 Å². The first-order chi connectivity index (χ1) is 13.5. The molecule has 1 unspecified atom stereocenters. The number of rotatable bonds is 8. The number of nitrogens with zero attached hydrogens (tertiary/aromatic N) is 4. The molecule has 9 heteroatoms. The first-order valence-electron chi connectivity index (χ1n) is 10.3. The van der Waals surface area contributed by atoms with Crippen molar-refractivity contribution in [1.29, 1.82) is 0 Å². The molecular formula is C20H37IN6O2. The lowest BCUT2D eigenvalue weighted by Gasteiger charge is -2.24. The Hall–Kier alpha value is -1.36. The van der Waals surface area contributed by atoms with E-state index in [1.165, 1.54) is 17.7 Å². The van der Waals surface area contributed by atoms with Crippen LogP contribution in [0.3, 0.4) is 0 Å². The van der Waals surface area contributed by atoms with E-state index in [0.29, 0.717) is 19.0 Å². The van der Waals surface area contributed by atoms with E-state index >= 15 is 0 Å². The average molecular weight is 520 g/mol. The van der Waals surface area contributed by atoms with Crippen LogP contribution in [0.4, 0.5) is 0 Å².